The molecule has 0 aliphatic heterocycles. The predicted octanol–water partition coefficient (Wildman–Crippen LogP) is 3.23. The van der Waals surface area contributed by atoms with Gasteiger partial charge in [0.2, 0.25) is 0 Å². The number of carbonyl (C=O) groups is 1. The van der Waals surface area contributed by atoms with Gasteiger partial charge in [0.1, 0.15) is 15.9 Å². The van der Waals surface area contributed by atoms with E-state index in [1.807, 2.05) is 0 Å². The van der Waals surface area contributed by atoms with E-state index in [1.165, 1.54) is 0 Å². The Hall–Kier alpha value is -1.47. The number of nitrogens with zero attached hydrogens (tertiary/aromatic N) is 2. The summed E-state index contributed by atoms with van der Waals surface area (Å²) in [4.78, 5) is 18.9. The van der Waals surface area contributed by atoms with Crippen LogP contribution in [-0.2, 0) is 0 Å². The minimum absolute atomic E-state index is 0.183. The molecule has 0 unspecified atom stereocenters. The molecular weight excluding hydrogens is 323 g/mol. The Morgan fingerprint density at radius 2 is 2.17 bits per heavy atom. The van der Waals surface area contributed by atoms with E-state index in [4.69, 9.17) is 5.11 Å². The summed E-state index contributed by atoms with van der Waals surface area (Å²) in [6.07, 6.45) is 2.56. The molecule has 4 nitrogen and oxygen atoms in total. The quantitative estimate of drug-likeness (QED) is 0.937. The van der Waals surface area contributed by atoms with Crippen molar-refractivity contribution in [3.05, 3.63) is 46.4 Å². The monoisotopic (exact) mass is 328 g/mol. The second kappa shape index (κ2) is 5.45. The van der Waals surface area contributed by atoms with E-state index >= 15 is 0 Å². The van der Waals surface area contributed by atoms with Gasteiger partial charge in [-0.15, -0.1) is 0 Å². The Bertz CT molecular complexity index is 609. The highest BCUT2D eigenvalue weighted by Gasteiger charge is 2.15. The fourth-order valence-corrected chi connectivity index (χ4v) is 2.52. The molecule has 0 saturated heterocycles. The van der Waals surface area contributed by atoms with Gasteiger partial charge in [0, 0.05) is 6.20 Å². The Morgan fingerprint density at radius 1 is 1.39 bits per heavy atom. The summed E-state index contributed by atoms with van der Waals surface area (Å²) >= 11 is 4.36. The smallest absolute Gasteiger partial charge is 0.338 e. The molecule has 2 aromatic heterocycles. The third-order valence-electron chi connectivity index (χ3n) is 1.97. The van der Waals surface area contributed by atoms with Crippen LogP contribution in [0.3, 0.4) is 0 Å². The number of rotatable bonds is 3. The number of pyridine rings is 2. The van der Waals surface area contributed by atoms with E-state index in [0.29, 0.717) is 5.03 Å². The van der Waals surface area contributed by atoms with E-state index < -0.39 is 11.8 Å². The molecule has 0 aromatic carbocycles. The van der Waals surface area contributed by atoms with Crippen LogP contribution in [-0.4, -0.2) is 21.0 Å². The highest BCUT2D eigenvalue weighted by atomic mass is 79.9. The van der Waals surface area contributed by atoms with Gasteiger partial charge in [0.25, 0.3) is 0 Å². The maximum atomic E-state index is 13.0. The van der Waals surface area contributed by atoms with Crippen molar-refractivity contribution in [3.63, 3.8) is 0 Å². The van der Waals surface area contributed by atoms with E-state index in [0.717, 1.165) is 28.5 Å². The molecule has 0 radical (unpaired) electrons. The van der Waals surface area contributed by atoms with Crippen LogP contribution in [0, 0.1) is 5.82 Å². The normalized spacial score (nSPS) is 10.3. The van der Waals surface area contributed by atoms with E-state index in [-0.39, 0.29) is 10.6 Å². The number of carboxylic acid groups (broad SMARTS) is 1. The maximum absolute atomic E-state index is 13.0. The van der Waals surface area contributed by atoms with Gasteiger partial charge < -0.3 is 5.11 Å². The summed E-state index contributed by atoms with van der Waals surface area (Å²) in [6, 6.07) is 4.46. The number of aromatic carboxylic acids is 1. The fourth-order valence-electron chi connectivity index (χ4n) is 1.20. The summed E-state index contributed by atoms with van der Waals surface area (Å²) < 4.78 is 13.7. The first-order valence-electron chi connectivity index (χ1n) is 4.75. The third-order valence-corrected chi connectivity index (χ3v) is 3.91. The van der Waals surface area contributed by atoms with Crippen molar-refractivity contribution in [1.29, 1.82) is 0 Å². The Balaban J connectivity index is 2.41. The lowest BCUT2D eigenvalue weighted by atomic mass is 10.3. The molecule has 92 valence electrons. The van der Waals surface area contributed by atoms with E-state index in [2.05, 4.69) is 25.9 Å². The SMILES string of the molecule is O=C(O)c1cc(F)cnc1Sc1ncccc1Br. The summed E-state index contributed by atoms with van der Waals surface area (Å²) in [7, 11) is 0. The van der Waals surface area contributed by atoms with Gasteiger partial charge in [0.15, 0.2) is 0 Å². The first-order chi connectivity index (χ1) is 8.58. The zero-order valence-electron chi connectivity index (χ0n) is 8.80. The van der Waals surface area contributed by atoms with Crippen molar-refractivity contribution in [3.8, 4) is 0 Å². The minimum Gasteiger partial charge on any atom is -0.478 e. The Kier molecular flexibility index (Phi) is 3.93. The molecule has 0 bridgehead atoms. The number of hydrogen-bond acceptors (Lipinski definition) is 4. The molecule has 1 N–H and O–H groups in total. The molecule has 0 aliphatic carbocycles. The van der Waals surface area contributed by atoms with E-state index in [9.17, 15) is 9.18 Å². The van der Waals surface area contributed by atoms with Crippen LogP contribution in [0.4, 0.5) is 4.39 Å². The molecule has 7 heteroatoms. The van der Waals surface area contributed by atoms with Gasteiger partial charge >= 0.3 is 5.97 Å². The molecule has 18 heavy (non-hydrogen) atoms. The summed E-state index contributed by atoms with van der Waals surface area (Å²) in [5.74, 6) is -1.91. The number of carboxylic acids is 1. The van der Waals surface area contributed by atoms with Crippen LogP contribution in [0.2, 0.25) is 0 Å². The average Bonchev–Trinajstić information content (AvgIpc) is 2.34. The van der Waals surface area contributed by atoms with Crippen molar-refractivity contribution in [1.82, 2.24) is 9.97 Å². The molecule has 0 saturated carbocycles. The maximum Gasteiger partial charge on any atom is 0.338 e. The third kappa shape index (κ3) is 2.85. The topological polar surface area (TPSA) is 63.1 Å². The van der Waals surface area contributed by atoms with Gasteiger partial charge in [-0.3, -0.25) is 0 Å². The Labute approximate surface area is 114 Å². The molecule has 0 spiro atoms. The molecular formula is C11H6BrFN2O2S. The molecule has 2 rings (SSSR count). The molecule has 2 heterocycles. The van der Waals surface area contributed by atoms with Gasteiger partial charge in [-0.05, 0) is 45.9 Å². The summed E-state index contributed by atoms with van der Waals surface area (Å²) in [6.45, 7) is 0. The number of aromatic nitrogens is 2. The molecule has 0 atom stereocenters. The molecule has 0 fully saturated rings. The lowest BCUT2D eigenvalue weighted by Crippen LogP contribution is -2.02. The zero-order chi connectivity index (χ0) is 13.1. The average molecular weight is 329 g/mol. The Morgan fingerprint density at radius 3 is 2.83 bits per heavy atom. The van der Waals surface area contributed by atoms with Gasteiger partial charge in [0.05, 0.1) is 16.2 Å². The van der Waals surface area contributed by atoms with Crippen LogP contribution in [0.15, 0.2) is 45.1 Å². The van der Waals surface area contributed by atoms with Crippen LogP contribution in [0.5, 0.6) is 0 Å². The lowest BCUT2D eigenvalue weighted by molar-refractivity contribution is 0.0691. The van der Waals surface area contributed by atoms with E-state index in [1.54, 1.807) is 18.3 Å². The first kappa shape index (κ1) is 13.0. The second-order valence-electron chi connectivity index (χ2n) is 3.20. The van der Waals surface area contributed by atoms with Crippen molar-refractivity contribution >= 4 is 33.7 Å². The number of halogens is 2. The van der Waals surface area contributed by atoms with Crippen LogP contribution in [0.25, 0.3) is 0 Å². The summed E-state index contributed by atoms with van der Waals surface area (Å²) in [5, 5.41) is 9.75. The lowest BCUT2D eigenvalue weighted by Gasteiger charge is -2.05. The minimum atomic E-state index is -1.23. The van der Waals surface area contributed by atoms with Crippen molar-refractivity contribution in [2.24, 2.45) is 0 Å². The molecule has 2 aromatic rings. The zero-order valence-corrected chi connectivity index (χ0v) is 11.2. The van der Waals surface area contributed by atoms with Crippen LogP contribution < -0.4 is 0 Å². The predicted molar refractivity (Wildman–Crippen MR) is 67.2 cm³/mol. The van der Waals surface area contributed by atoms with Gasteiger partial charge in [-0.2, -0.15) is 0 Å². The first-order valence-corrected chi connectivity index (χ1v) is 6.36. The van der Waals surface area contributed by atoms with Crippen molar-refractivity contribution in [2.75, 3.05) is 0 Å². The second-order valence-corrected chi connectivity index (χ2v) is 5.04. The molecule has 0 aliphatic rings. The van der Waals surface area contributed by atoms with Gasteiger partial charge in [-0.25, -0.2) is 19.2 Å². The van der Waals surface area contributed by atoms with Crippen molar-refractivity contribution < 1.29 is 14.3 Å². The highest BCUT2D eigenvalue weighted by molar-refractivity contribution is 9.10. The molecule has 0 amide bonds. The van der Waals surface area contributed by atoms with Crippen LogP contribution >= 0.6 is 27.7 Å². The van der Waals surface area contributed by atoms with Crippen LogP contribution in [0.1, 0.15) is 10.4 Å². The number of hydrogen-bond donors (Lipinski definition) is 1. The largest absolute Gasteiger partial charge is 0.478 e. The highest BCUT2D eigenvalue weighted by Crippen LogP contribution is 2.32. The fraction of sp³-hybridized carbons (Fsp3) is 0. The summed E-state index contributed by atoms with van der Waals surface area (Å²) in [5.41, 5.74) is -0.183. The van der Waals surface area contributed by atoms with Crippen molar-refractivity contribution in [2.45, 2.75) is 10.1 Å². The van der Waals surface area contributed by atoms with Gasteiger partial charge in [-0.1, -0.05) is 0 Å². The standard InChI is InChI=1S/C11H6BrFN2O2S/c12-8-2-1-3-14-10(8)18-9-7(11(16)17)4-6(13)5-15-9/h1-5H,(H,16,17).